The molecule has 2 heterocycles. The number of halogens is 1. The van der Waals surface area contributed by atoms with E-state index in [1.165, 1.54) is 4.68 Å². The van der Waals surface area contributed by atoms with E-state index in [0.717, 1.165) is 4.47 Å². The van der Waals surface area contributed by atoms with Crippen LogP contribution >= 0.6 is 15.9 Å². The second-order valence-electron chi connectivity index (χ2n) is 2.75. The summed E-state index contributed by atoms with van der Waals surface area (Å²) in [6.45, 7) is 1.74. The third-order valence-electron chi connectivity index (χ3n) is 1.74. The van der Waals surface area contributed by atoms with Gasteiger partial charge in [0.15, 0.2) is 5.82 Å². The van der Waals surface area contributed by atoms with Gasteiger partial charge >= 0.3 is 5.69 Å². The molecule has 6 heteroatoms. The van der Waals surface area contributed by atoms with Crippen molar-refractivity contribution < 1.29 is 0 Å². The van der Waals surface area contributed by atoms with Crippen molar-refractivity contribution >= 4 is 15.9 Å². The van der Waals surface area contributed by atoms with Gasteiger partial charge in [-0.15, -0.1) is 0 Å². The summed E-state index contributed by atoms with van der Waals surface area (Å²) in [4.78, 5) is 18.8. The van der Waals surface area contributed by atoms with Crippen LogP contribution in [0.4, 0.5) is 0 Å². The van der Waals surface area contributed by atoms with Crippen molar-refractivity contribution in [3.63, 3.8) is 0 Å². The van der Waals surface area contributed by atoms with Gasteiger partial charge in [-0.1, -0.05) is 0 Å². The minimum atomic E-state index is -0.368. The molecule has 0 unspecified atom stereocenters. The molecule has 1 N–H and O–H groups in total. The van der Waals surface area contributed by atoms with Gasteiger partial charge in [0, 0.05) is 10.7 Å². The molecule has 72 valence electrons. The second-order valence-corrected chi connectivity index (χ2v) is 3.66. The van der Waals surface area contributed by atoms with E-state index in [2.05, 4.69) is 31.0 Å². The number of aromatic amines is 1. The van der Waals surface area contributed by atoms with Crippen LogP contribution in [0.15, 0.2) is 27.6 Å². The van der Waals surface area contributed by atoms with E-state index in [0.29, 0.717) is 11.6 Å². The van der Waals surface area contributed by atoms with Crippen molar-refractivity contribution in [2.45, 2.75) is 6.92 Å². The molecule has 0 saturated heterocycles. The lowest BCUT2D eigenvalue weighted by Crippen LogP contribution is -2.06. The van der Waals surface area contributed by atoms with Gasteiger partial charge in [0.2, 0.25) is 0 Å². The zero-order valence-corrected chi connectivity index (χ0v) is 8.95. The van der Waals surface area contributed by atoms with Gasteiger partial charge in [-0.3, -0.25) is 0 Å². The summed E-state index contributed by atoms with van der Waals surface area (Å²) in [5.74, 6) is 1.23. The topological polar surface area (TPSA) is 63.6 Å². The van der Waals surface area contributed by atoms with Gasteiger partial charge < -0.3 is 0 Å². The van der Waals surface area contributed by atoms with E-state index >= 15 is 0 Å². The van der Waals surface area contributed by atoms with Gasteiger partial charge in [-0.05, 0) is 35.0 Å². The van der Waals surface area contributed by atoms with Gasteiger partial charge in [0.1, 0.15) is 5.82 Å². The van der Waals surface area contributed by atoms with E-state index < -0.39 is 0 Å². The molecule has 0 aliphatic carbocycles. The normalized spacial score (nSPS) is 10.4. The summed E-state index contributed by atoms with van der Waals surface area (Å²) < 4.78 is 2.43. The average Bonchev–Trinajstić information content (AvgIpc) is 2.47. The van der Waals surface area contributed by atoms with Crippen LogP contribution in [0.1, 0.15) is 5.82 Å². The minimum Gasteiger partial charge on any atom is -0.244 e. The first-order valence-corrected chi connectivity index (χ1v) is 4.74. The molecule has 0 atom stereocenters. The molecule has 14 heavy (non-hydrogen) atoms. The lowest BCUT2D eigenvalue weighted by molar-refractivity contribution is 0.803. The molecule has 0 fully saturated rings. The van der Waals surface area contributed by atoms with Gasteiger partial charge in [0.05, 0.1) is 0 Å². The first-order chi connectivity index (χ1) is 6.66. The molecule has 2 aromatic rings. The SMILES string of the molecule is Cc1nc(=O)[nH]n1-c1ccc(Br)cn1. The quantitative estimate of drug-likeness (QED) is 0.827. The molecule has 2 aromatic heterocycles. The monoisotopic (exact) mass is 254 g/mol. The number of aromatic nitrogens is 4. The highest BCUT2D eigenvalue weighted by atomic mass is 79.9. The Kier molecular flexibility index (Phi) is 2.20. The van der Waals surface area contributed by atoms with Crippen molar-refractivity contribution in [2.75, 3.05) is 0 Å². The fraction of sp³-hybridized carbons (Fsp3) is 0.125. The maximum Gasteiger partial charge on any atom is 0.361 e. The Hall–Kier alpha value is -1.43. The maximum absolute atomic E-state index is 10.9. The molecule has 0 radical (unpaired) electrons. The fourth-order valence-corrected chi connectivity index (χ4v) is 1.36. The van der Waals surface area contributed by atoms with Crippen LogP contribution in [-0.2, 0) is 0 Å². The first-order valence-electron chi connectivity index (χ1n) is 3.94. The van der Waals surface area contributed by atoms with Crippen LogP contribution in [0.25, 0.3) is 5.82 Å². The van der Waals surface area contributed by atoms with Crippen LogP contribution in [0.3, 0.4) is 0 Å². The Morgan fingerprint density at radius 1 is 1.50 bits per heavy atom. The summed E-state index contributed by atoms with van der Waals surface area (Å²) in [6, 6.07) is 3.63. The van der Waals surface area contributed by atoms with Crippen LogP contribution < -0.4 is 5.69 Å². The number of hydrogen-bond acceptors (Lipinski definition) is 3. The van der Waals surface area contributed by atoms with Gasteiger partial charge in [-0.25, -0.2) is 19.6 Å². The minimum absolute atomic E-state index is 0.368. The van der Waals surface area contributed by atoms with Crippen LogP contribution in [0.5, 0.6) is 0 Å². The molecule has 0 aliphatic heterocycles. The standard InChI is InChI=1S/C8H7BrN4O/c1-5-11-8(14)12-13(5)7-3-2-6(9)4-10-7/h2-4H,1H3,(H,12,14). The Bertz CT molecular complexity index is 499. The number of hydrogen-bond donors (Lipinski definition) is 1. The van der Waals surface area contributed by atoms with E-state index in [1.807, 2.05) is 6.07 Å². The molecule has 2 rings (SSSR count). The summed E-state index contributed by atoms with van der Waals surface area (Å²) in [5, 5.41) is 2.55. The highest BCUT2D eigenvalue weighted by Gasteiger charge is 2.03. The smallest absolute Gasteiger partial charge is 0.244 e. The van der Waals surface area contributed by atoms with Crippen molar-refractivity contribution in [2.24, 2.45) is 0 Å². The van der Waals surface area contributed by atoms with Crippen molar-refractivity contribution in [1.29, 1.82) is 0 Å². The van der Waals surface area contributed by atoms with Gasteiger partial charge in [-0.2, -0.15) is 4.98 Å². The number of nitrogens with one attached hydrogen (secondary N) is 1. The Morgan fingerprint density at radius 2 is 2.29 bits per heavy atom. The molecule has 0 amide bonds. The highest BCUT2D eigenvalue weighted by Crippen LogP contribution is 2.09. The Morgan fingerprint density at radius 3 is 2.79 bits per heavy atom. The molecular weight excluding hydrogens is 248 g/mol. The van der Waals surface area contributed by atoms with E-state index in [-0.39, 0.29) is 5.69 Å². The third kappa shape index (κ3) is 1.60. The molecular formula is C8H7BrN4O. The predicted molar refractivity (Wildman–Crippen MR) is 54.4 cm³/mol. The maximum atomic E-state index is 10.9. The average molecular weight is 255 g/mol. The summed E-state index contributed by atoms with van der Waals surface area (Å²) >= 11 is 3.28. The fourth-order valence-electron chi connectivity index (χ4n) is 1.12. The number of pyridine rings is 1. The lowest BCUT2D eigenvalue weighted by atomic mass is 10.4. The van der Waals surface area contributed by atoms with Crippen molar-refractivity contribution in [3.8, 4) is 5.82 Å². The summed E-state index contributed by atoms with van der Waals surface area (Å²) in [6.07, 6.45) is 1.66. The number of nitrogens with zero attached hydrogens (tertiary/aromatic N) is 3. The Labute approximate surface area is 87.9 Å². The number of H-pyrrole nitrogens is 1. The molecule has 0 aromatic carbocycles. The van der Waals surface area contributed by atoms with Crippen LogP contribution in [-0.4, -0.2) is 19.7 Å². The zero-order valence-electron chi connectivity index (χ0n) is 7.36. The van der Waals surface area contributed by atoms with Crippen molar-refractivity contribution in [1.82, 2.24) is 19.7 Å². The van der Waals surface area contributed by atoms with E-state index in [1.54, 1.807) is 19.2 Å². The predicted octanol–water partition coefficient (Wildman–Crippen LogP) is 1.03. The third-order valence-corrected chi connectivity index (χ3v) is 2.20. The molecule has 0 bridgehead atoms. The lowest BCUT2D eigenvalue weighted by Gasteiger charge is -2.01. The first kappa shape index (κ1) is 9.14. The molecule has 0 spiro atoms. The zero-order chi connectivity index (χ0) is 10.1. The molecule has 0 saturated carbocycles. The van der Waals surface area contributed by atoms with Crippen molar-refractivity contribution in [3.05, 3.63) is 39.1 Å². The highest BCUT2D eigenvalue weighted by molar-refractivity contribution is 9.10. The largest absolute Gasteiger partial charge is 0.361 e. The number of aryl methyl sites for hydroxylation is 1. The molecule has 0 aliphatic rings. The summed E-state index contributed by atoms with van der Waals surface area (Å²) in [7, 11) is 0. The second kappa shape index (κ2) is 3.38. The van der Waals surface area contributed by atoms with Crippen LogP contribution in [0.2, 0.25) is 0 Å². The Balaban J connectivity index is 2.54. The summed E-state index contributed by atoms with van der Waals surface area (Å²) in [5.41, 5.74) is -0.368. The van der Waals surface area contributed by atoms with E-state index in [9.17, 15) is 4.79 Å². The molecule has 5 nitrogen and oxygen atoms in total. The van der Waals surface area contributed by atoms with Gasteiger partial charge in [0.25, 0.3) is 0 Å². The van der Waals surface area contributed by atoms with E-state index in [4.69, 9.17) is 0 Å². The number of rotatable bonds is 1. The van der Waals surface area contributed by atoms with Crippen LogP contribution in [0, 0.1) is 6.92 Å².